The van der Waals surface area contributed by atoms with E-state index in [2.05, 4.69) is 35.6 Å². The summed E-state index contributed by atoms with van der Waals surface area (Å²) in [7, 11) is 0. The zero-order valence-electron chi connectivity index (χ0n) is 12.4. The molecule has 1 aromatic rings. The van der Waals surface area contributed by atoms with Gasteiger partial charge in [0.1, 0.15) is 0 Å². The molecule has 1 aliphatic heterocycles. The first-order valence-corrected chi connectivity index (χ1v) is 8.28. The fourth-order valence-corrected chi connectivity index (χ4v) is 3.81. The zero-order valence-corrected chi connectivity index (χ0v) is 12.4. The molecule has 0 bridgehead atoms. The Morgan fingerprint density at radius 1 is 1.10 bits per heavy atom. The van der Waals surface area contributed by atoms with Gasteiger partial charge in [-0.3, -0.25) is 0 Å². The van der Waals surface area contributed by atoms with Crippen molar-refractivity contribution in [2.24, 2.45) is 0 Å². The molecule has 1 saturated heterocycles. The molecule has 3 rings (SSSR count). The minimum atomic E-state index is 0.223. The van der Waals surface area contributed by atoms with E-state index < -0.39 is 0 Å². The van der Waals surface area contributed by atoms with Crippen LogP contribution >= 0.6 is 0 Å². The lowest BCUT2D eigenvalue weighted by molar-refractivity contribution is -0.109. The summed E-state index contributed by atoms with van der Waals surface area (Å²) in [5.74, 6) is 0. The van der Waals surface area contributed by atoms with Gasteiger partial charge in [-0.05, 0) is 44.2 Å². The maximum absolute atomic E-state index is 6.16. The number of hydrogen-bond donors (Lipinski definition) is 1. The summed E-state index contributed by atoms with van der Waals surface area (Å²) >= 11 is 0. The maximum atomic E-state index is 6.16. The van der Waals surface area contributed by atoms with E-state index in [9.17, 15) is 0 Å². The standard InChI is InChI=1S/C18H27NO/c1-3-7-16(8-4-1)9-13-19-17-10-14-20-18(15-17)11-5-2-6-12-18/h1,3-4,7-8,17,19H,2,5-6,9-15H2. The lowest BCUT2D eigenvalue weighted by Gasteiger charge is -2.43. The SMILES string of the molecule is c1ccc(CCNC2CCOC3(CCCCC3)C2)cc1. The van der Waals surface area contributed by atoms with E-state index in [0.29, 0.717) is 6.04 Å². The minimum Gasteiger partial charge on any atom is -0.375 e. The Hall–Kier alpha value is -0.860. The Morgan fingerprint density at radius 2 is 1.90 bits per heavy atom. The summed E-state index contributed by atoms with van der Waals surface area (Å²) in [4.78, 5) is 0. The summed E-state index contributed by atoms with van der Waals surface area (Å²) in [5.41, 5.74) is 1.65. The van der Waals surface area contributed by atoms with Gasteiger partial charge in [0.15, 0.2) is 0 Å². The van der Waals surface area contributed by atoms with Crippen LogP contribution in [-0.2, 0) is 11.2 Å². The van der Waals surface area contributed by atoms with Gasteiger partial charge in [0.25, 0.3) is 0 Å². The molecular weight excluding hydrogens is 246 g/mol. The Kier molecular flexibility index (Phi) is 4.74. The van der Waals surface area contributed by atoms with Gasteiger partial charge in [-0.25, -0.2) is 0 Å². The van der Waals surface area contributed by atoms with Crippen LogP contribution in [0, 0.1) is 0 Å². The van der Waals surface area contributed by atoms with Crippen LogP contribution < -0.4 is 5.32 Å². The molecule has 1 heterocycles. The second kappa shape index (κ2) is 6.73. The van der Waals surface area contributed by atoms with Crippen LogP contribution in [0.5, 0.6) is 0 Å². The highest BCUT2D eigenvalue weighted by atomic mass is 16.5. The van der Waals surface area contributed by atoms with E-state index in [1.807, 2.05) is 0 Å². The Bertz CT molecular complexity index is 392. The molecule has 1 N–H and O–H groups in total. The quantitative estimate of drug-likeness (QED) is 0.903. The van der Waals surface area contributed by atoms with Crippen LogP contribution in [0.15, 0.2) is 30.3 Å². The van der Waals surface area contributed by atoms with Crippen molar-refractivity contribution in [2.75, 3.05) is 13.2 Å². The average Bonchev–Trinajstić information content (AvgIpc) is 2.49. The summed E-state index contributed by atoms with van der Waals surface area (Å²) in [6.07, 6.45) is 10.2. The van der Waals surface area contributed by atoms with E-state index in [-0.39, 0.29) is 5.60 Å². The molecule has 1 atom stereocenters. The predicted octanol–water partition coefficient (Wildman–Crippen LogP) is 3.70. The van der Waals surface area contributed by atoms with Gasteiger partial charge in [0.05, 0.1) is 5.60 Å². The van der Waals surface area contributed by atoms with Gasteiger partial charge in [-0.2, -0.15) is 0 Å². The van der Waals surface area contributed by atoms with Crippen molar-refractivity contribution in [1.29, 1.82) is 0 Å². The molecule has 1 aliphatic carbocycles. The lowest BCUT2D eigenvalue weighted by Crippen LogP contribution is -2.48. The second-order valence-corrected chi connectivity index (χ2v) is 6.47. The third-order valence-electron chi connectivity index (χ3n) is 4.95. The Balaban J connectivity index is 1.45. The van der Waals surface area contributed by atoms with Gasteiger partial charge in [-0.1, -0.05) is 49.6 Å². The normalized spacial score (nSPS) is 25.7. The van der Waals surface area contributed by atoms with Crippen molar-refractivity contribution in [2.45, 2.75) is 63.0 Å². The number of ether oxygens (including phenoxy) is 1. The smallest absolute Gasteiger partial charge is 0.0697 e. The molecule has 1 saturated carbocycles. The fourth-order valence-electron chi connectivity index (χ4n) is 3.81. The number of hydrogen-bond acceptors (Lipinski definition) is 2. The maximum Gasteiger partial charge on any atom is 0.0697 e. The van der Waals surface area contributed by atoms with E-state index >= 15 is 0 Å². The number of nitrogens with one attached hydrogen (secondary N) is 1. The molecule has 20 heavy (non-hydrogen) atoms. The molecule has 0 amide bonds. The summed E-state index contributed by atoms with van der Waals surface area (Å²) in [6.45, 7) is 2.04. The molecule has 1 unspecified atom stereocenters. The zero-order chi connectivity index (χ0) is 13.7. The lowest BCUT2D eigenvalue weighted by atomic mass is 9.78. The molecular formula is C18H27NO. The number of benzene rings is 1. The van der Waals surface area contributed by atoms with Gasteiger partial charge in [0, 0.05) is 12.6 Å². The molecule has 110 valence electrons. The topological polar surface area (TPSA) is 21.3 Å². The molecule has 0 aromatic heterocycles. The van der Waals surface area contributed by atoms with Crippen molar-refractivity contribution in [3.63, 3.8) is 0 Å². The summed E-state index contributed by atoms with van der Waals surface area (Å²) in [5, 5.41) is 3.76. The van der Waals surface area contributed by atoms with E-state index in [1.54, 1.807) is 0 Å². The second-order valence-electron chi connectivity index (χ2n) is 6.47. The third kappa shape index (κ3) is 3.62. The highest BCUT2D eigenvalue weighted by Crippen LogP contribution is 2.38. The van der Waals surface area contributed by atoms with Crippen molar-refractivity contribution in [3.05, 3.63) is 35.9 Å². The van der Waals surface area contributed by atoms with Crippen LogP contribution in [-0.4, -0.2) is 24.8 Å². The largest absolute Gasteiger partial charge is 0.375 e. The molecule has 0 radical (unpaired) electrons. The Morgan fingerprint density at radius 3 is 2.70 bits per heavy atom. The van der Waals surface area contributed by atoms with E-state index in [1.165, 1.54) is 50.5 Å². The third-order valence-corrected chi connectivity index (χ3v) is 4.95. The highest BCUT2D eigenvalue weighted by molar-refractivity contribution is 5.14. The summed E-state index contributed by atoms with van der Waals surface area (Å²) in [6, 6.07) is 11.4. The molecule has 2 aliphatic rings. The van der Waals surface area contributed by atoms with Crippen LogP contribution in [0.4, 0.5) is 0 Å². The van der Waals surface area contributed by atoms with E-state index in [0.717, 1.165) is 19.6 Å². The number of rotatable bonds is 4. The molecule has 2 heteroatoms. The first-order chi connectivity index (χ1) is 9.86. The highest BCUT2D eigenvalue weighted by Gasteiger charge is 2.38. The van der Waals surface area contributed by atoms with Gasteiger partial charge >= 0.3 is 0 Å². The first kappa shape index (κ1) is 14.1. The molecule has 2 fully saturated rings. The van der Waals surface area contributed by atoms with Gasteiger partial charge in [0.2, 0.25) is 0 Å². The molecule has 1 spiro atoms. The van der Waals surface area contributed by atoms with Crippen molar-refractivity contribution in [3.8, 4) is 0 Å². The summed E-state index contributed by atoms with van der Waals surface area (Å²) < 4.78 is 6.16. The van der Waals surface area contributed by atoms with Crippen molar-refractivity contribution < 1.29 is 4.74 Å². The first-order valence-electron chi connectivity index (χ1n) is 8.28. The molecule has 2 nitrogen and oxygen atoms in total. The van der Waals surface area contributed by atoms with Gasteiger partial charge in [-0.15, -0.1) is 0 Å². The predicted molar refractivity (Wildman–Crippen MR) is 82.9 cm³/mol. The van der Waals surface area contributed by atoms with Crippen LogP contribution in [0.1, 0.15) is 50.5 Å². The fraction of sp³-hybridized carbons (Fsp3) is 0.667. The van der Waals surface area contributed by atoms with Crippen LogP contribution in [0.25, 0.3) is 0 Å². The van der Waals surface area contributed by atoms with Gasteiger partial charge < -0.3 is 10.1 Å². The molecule has 1 aromatic carbocycles. The minimum absolute atomic E-state index is 0.223. The van der Waals surface area contributed by atoms with Crippen molar-refractivity contribution in [1.82, 2.24) is 5.32 Å². The average molecular weight is 273 g/mol. The van der Waals surface area contributed by atoms with Crippen LogP contribution in [0.2, 0.25) is 0 Å². The monoisotopic (exact) mass is 273 g/mol. The Labute approximate surface area is 122 Å². The van der Waals surface area contributed by atoms with E-state index in [4.69, 9.17) is 4.74 Å². The van der Waals surface area contributed by atoms with Crippen LogP contribution in [0.3, 0.4) is 0 Å². The van der Waals surface area contributed by atoms with Crippen molar-refractivity contribution >= 4 is 0 Å².